The number of carbonyl (C=O) groups excluding carboxylic acids is 1. The number of methoxy groups -OCH3 is 1. The van der Waals surface area contributed by atoms with Crippen LogP contribution in [0.4, 0.5) is 5.69 Å². The number of ether oxygens (including phenoxy) is 2. The smallest absolute Gasteiger partial charge is 0.243 e. The van der Waals surface area contributed by atoms with Gasteiger partial charge in [-0.15, -0.1) is 0 Å². The molecular weight excluding hydrogens is 454 g/mol. The van der Waals surface area contributed by atoms with Gasteiger partial charge in [0, 0.05) is 25.3 Å². The highest BCUT2D eigenvalue weighted by Crippen LogP contribution is 2.28. The van der Waals surface area contributed by atoms with Crippen molar-refractivity contribution < 1.29 is 22.7 Å². The summed E-state index contributed by atoms with van der Waals surface area (Å²) in [5.41, 5.74) is 2.10. The average molecular weight is 492 g/mol. The van der Waals surface area contributed by atoms with Crippen molar-refractivity contribution in [1.29, 1.82) is 0 Å². The predicted molar refractivity (Wildman–Crippen MR) is 135 cm³/mol. The zero-order valence-electron chi connectivity index (χ0n) is 21.1. The zero-order chi connectivity index (χ0) is 25.3. The molecule has 2 aromatic rings. The number of anilines is 1. The monoisotopic (exact) mass is 491 g/mol. The summed E-state index contributed by atoms with van der Waals surface area (Å²) in [5, 5.41) is 2.85. The summed E-state index contributed by atoms with van der Waals surface area (Å²) >= 11 is 0. The van der Waals surface area contributed by atoms with Gasteiger partial charge in [-0.3, -0.25) is 9.69 Å². The Balaban J connectivity index is 2.12. The second kappa shape index (κ2) is 12.7. The van der Waals surface area contributed by atoms with Crippen molar-refractivity contribution in [1.82, 2.24) is 9.21 Å². The Morgan fingerprint density at radius 1 is 0.971 bits per heavy atom. The minimum Gasteiger partial charge on any atom is -0.493 e. The van der Waals surface area contributed by atoms with Crippen molar-refractivity contribution in [2.24, 2.45) is 0 Å². The number of aryl methyl sites for hydroxylation is 1. The zero-order valence-corrected chi connectivity index (χ0v) is 21.9. The third-order valence-corrected chi connectivity index (χ3v) is 7.74. The van der Waals surface area contributed by atoms with E-state index in [1.54, 1.807) is 40.0 Å². The summed E-state index contributed by atoms with van der Waals surface area (Å²) in [7, 11) is -2.02. The van der Waals surface area contributed by atoms with Crippen LogP contribution in [0.15, 0.2) is 41.3 Å². The quantitative estimate of drug-likeness (QED) is 0.457. The molecular formula is C25H37N3O5S. The van der Waals surface area contributed by atoms with Crippen molar-refractivity contribution in [3.63, 3.8) is 0 Å². The molecule has 2 rings (SSSR count). The summed E-state index contributed by atoms with van der Waals surface area (Å²) < 4.78 is 38.4. The molecule has 0 spiro atoms. The van der Waals surface area contributed by atoms with Crippen molar-refractivity contribution in [3.8, 4) is 11.5 Å². The lowest BCUT2D eigenvalue weighted by Crippen LogP contribution is -2.33. The maximum atomic E-state index is 13.0. The first-order valence-corrected chi connectivity index (χ1v) is 13.1. The van der Waals surface area contributed by atoms with E-state index in [0.29, 0.717) is 55.5 Å². The van der Waals surface area contributed by atoms with E-state index in [0.717, 1.165) is 5.56 Å². The Bertz CT molecular complexity index is 1070. The van der Waals surface area contributed by atoms with E-state index in [4.69, 9.17) is 9.47 Å². The first-order chi connectivity index (χ1) is 16.2. The second-order valence-corrected chi connectivity index (χ2v) is 9.75. The number of likely N-dealkylation sites (N-methyl/N-ethyl adjacent to an activating group) is 1. The van der Waals surface area contributed by atoms with E-state index in [-0.39, 0.29) is 17.3 Å². The van der Waals surface area contributed by atoms with E-state index in [1.165, 1.54) is 10.4 Å². The molecule has 0 aliphatic carbocycles. The lowest BCUT2D eigenvalue weighted by Gasteiger charge is -2.22. The van der Waals surface area contributed by atoms with Gasteiger partial charge in [-0.2, -0.15) is 4.31 Å². The van der Waals surface area contributed by atoms with Gasteiger partial charge in [-0.1, -0.05) is 32.9 Å². The van der Waals surface area contributed by atoms with Gasteiger partial charge in [0.15, 0.2) is 11.5 Å². The van der Waals surface area contributed by atoms with Crippen LogP contribution in [0.3, 0.4) is 0 Å². The number of nitrogens with one attached hydrogen (secondary N) is 1. The number of hydrogen-bond acceptors (Lipinski definition) is 6. The molecule has 0 fully saturated rings. The van der Waals surface area contributed by atoms with Crippen LogP contribution in [-0.2, 0) is 21.4 Å². The van der Waals surface area contributed by atoms with E-state index < -0.39 is 10.0 Å². The van der Waals surface area contributed by atoms with Crippen LogP contribution in [0.2, 0.25) is 0 Å². The standard InChI is InChI=1S/C25H37N3O5S/c1-7-27(17-20-12-14-22(33-10-4)23(15-20)32-6)18-25(29)26-21-13-11-19(5)24(16-21)34(30,31)28(8-2)9-3/h11-16H,7-10,17-18H2,1-6H3,(H,26,29). The summed E-state index contributed by atoms with van der Waals surface area (Å²) in [6, 6.07) is 10.7. The normalized spacial score (nSPS) is 11.6. The fourth-order valence-corrected chi connectivity index (χ4v) is 5.39. The van der Waals surface area contributed by atoms with Crippen LogP contribution in [0.1, 0.15) is 38.8 Å². The van der Waals surface area contributed by atoms with Crippen LogP contribution in [0.5, 0.6) is 11.5 Å². The SMILES string of the molecule is CCOc1ccc(CN(CC)CC(=O)Nc2ccc(C)c(S(=O)(=O)N(CC)CC)c2)cc1OC. The maximum absolute atomic E-state index is 13.0. The summed E-state index contributed by atoms with van der Waals surface area (Å²) in [6.07, 6.45) is 0. The fourth-order valence-electron chi connectivity index (χ4n) is 3.68. The summed E-state index contributed by atoms with van der Waals surface area (Å²) in [5.74, 6) is 1.13. The molecule has 0 saturated heterocycles. The Morgan fingerprint density at radius 2 is 1.68 bits per heavy atom. The molecule has 0 heterocycles. The maximum Gasteiger partial charge on any atom is 0.243 e. The Kier molecular flexibility index (Phi) is 10.3. The van der Waals surface area contributed by atoms with Crippen LogP contribution < -0.4 is 14.8 Å². The Morgan fingerprint density at radius 3 is 2.26 bits per heavy atom. The molecule has 0 radical (unpaired) electrons. The van der Waals surface area contributed by atoms with E-state index in [1.807, 2.05) is 36.9 Å². The van der Waals surface area contributed by atoms with Gasteiger partial charge in [0.25, 0.3) is 0 Å². The second-order valence-electron chi connectivity index (χ2n) is 7.84. The van der Waals surface area contributed by atoms with Gasteiger partial charge >= 0.3 is 0 Å². The molecule has 0 aromatic heterocycles. The minimum absolute atomic E-state index is 0.165. The third-order valence-electron chi connectivity index (χ3n) is 5.54. The van der Waals surface area contributed by atoms with Crippen molar-refractivity contribution in [2.45, 2.75) is 46.1 Å². The topological polar surface area (TPSA) is 88.2 Å². The molecule has 34 heavy (non-hydrogen) atoms. The molecule has 1 N–H and O–H groups in total. The minimum atomic E-state index is -3.62. The first-order valence-electron chi connectivity index (χ1n) is 11.6. The van der Waals surface area contributed by atoms with Crippen molar-refractivity contribution in [3.05, 3.63) is 47.5 Å². The van der Waals surface area contributed by atoms with Crippen LogP contribution in [0.25, 0.3) is 0 Å². The molecule has 0 aliphatic heterocycles. The number of sulfonamides is 1. The third kappa shape index (κ3) is 6.94. The van der Waals surface area contributed by atoms with Crippen molar-refractivity contribution in [2.75, 3.05) is 45.2 Å². The number of rotatable bonds is 13. The van der Waals surface area contributed by atoms with Crippen LogP contribution in [0, 0.1) is 6.92 Å². The number of amides is 1. The molecule has 0 atom stereocenters. The molecule has 0 unspecified atom stereocenters. The highest BCUT2D eigenvalue weighted by Gasteiger charge is 2.24. The Hall–Kier alpha value is -2.62. The van der Waals surface area contributed by atoms with E-state index in [2.05, 4.69) is 5.32 Å². The van der Waals surface area contributed by atoms with Crippen LogP contribution >= 0.6 is 0 Å². The number of carbonyl (C=O) groups is 1. The van der Waals surface area contributed by atoms with E-state index >= 15 is 0 Å². The summed E-state index contributed by atoms with van der Waals surface area (Å²) in [4.78, 5) is 15.0. The molecule has 0 saturated carbocycles. The van der Waals surface area contributed by atoms with Gasteiger partial charge < -0.3 is 14.8 Å². The predicted octanol–water partition coefficient (Wildman–Crippen LogP) is 3.89. The lowest BCUT2D eigenvalue weighted by molar-refractivity contribution is -0.117. The largest absolute Gasteiger partial charge is 0.493 e. The molecule has 9 heteroatoms. The number of benzene rings is 2. The average Bonchev–Trinajstić information content (AvgIpc) is 2.81. The van der Waals surface area contributed by atoms with Gasteiger partial charge in [0.2, 0.25) is 15.9 Å². The van der Waals surface area contributed by atoms with Gasteiger partial charge in [-0.05, 0) is 55.8 Å². The first kappa shape index (κ1) is 27.6. The van der Waals surface area contributed by atoms with Gasteiger partial charge in [0.05, 0.1) is 25.2 Å². The van der Waals surface area contributed by atoms with Crippen LogP contribution in [-0.4, -0.2) is 63.4 Å². The molecule has 2 aromatic carbocycles. The number of hydrogen-bond donors (Lipinski definition) is 1. The van der Waals surface area contributed by atoms with Crippen molar-refractivity contribution >= 4 is 21.6 Å². The highest BCUT2D eigenvalue weighted by atomic mass is 32.2. The molecule has 1 amide bonds. The Labute approximate surface area is 203 Å². The molecule has 0 aliphatic rings. The summed E-state index contributed by atoms with van der Waals surface area (Å²) in [6.45, 7) is 12.0. The number of nitrogens with zero attached hydrogens (tertiary/aromatic N) is 2. The van der Waals surface area contributed by atoms with Gasteiger partial charge in [-0.25, -0.2) is 8.42 Å². The highest BCUT2D eigenvalue weighted by molar-refractivity contribution is 7.89. The molecule has 188 valence electrons. The molecule has 8 nitrogen and oxygen atoms in total. The lowest BCUT2D eigenvalue weighted by atomic mass is 10.2. The van der Waals surface area contributed by atoms with E-state index in [9.17, 15) is 13.2 Å². The molecule has 0 bridgehead atoms. The van der Waals surface area contributed by atoms with Gasteiger partial charge in [0.1, 0.15) is 0 Å². The fraction of sp³-hybridized carbons (Fsp3) is 0.480.